The summed E-state index contributed by atoms with van der Waals surface area (Å²) in [5.74, 6) is -7.78. The highest BCUT2D eigenvalue weighted by atomic mass is 16.7. The number of hydrogen-bond donors (Lipinski definition) is 7. The first-order valence-electron chi connectivity index (χ1n) is 18.9. The number of carbonyl (C=O) groups excluding carboxylic acids is 2. The molecule has 7 rings (SSSR count). The number of ether oxygens (including phenoxy) is 3. The summed E-state index contributed by atoms with van der Waals surface area (Å²) in [5.41, 5.74) is -7.89. The summed E-state index contributed by atoms with van der Waals surface area (Å²) in [6.07, 6.45) is -4.15. The van der Waals surface area contributed by atoms with Gasteiger partial charge in [-0.3, -0.25) is 9.69 Å². The zero-order chi connectivity index (χ0) is 36.7. The van der Waals surface area contributed by atoms with Crippen molar-refractivity contribution in [3.8, 4) is 0 Å². The normalized spacial score (nSPS) is 54.6. The van der Waals surface area contributed by atoms with Gasteiger partial charge in [-0.25, -0.2) is 4.79 Å². The summed E-state index contributed by atoms with van der Waals surface area (Å²) in [6, 6.07) is -0.238. The van der Waals surface area contributed by atoms with Crippen LogP contribution < -0.4 is 0 Å². The molecule has 0 unspecified atom stereocenters. The summed E-state index contributed by atoms with van der Waals surface area (Å²) >= 11 is 0. The van der Waals surface area contributed by atoms with Gasteiger partial charge in [-0.2, -0.15) is 0 Å². The number of piperidine rings is 2. The lowest BCUT2D eigenvalue weighted by Crippen LogP contribution is -2.77. The predicted octanol–water partition coefficient (Wildman–Crippen LogP) is 0.466. The van der Waals surface area contributed by atoms with Gasteiger partial charge >= 0.3 is 11.9 Å². The molecular formula is C37H59NO12. The molecule has 4 aliphatic carbocycles. The van der Waals surface area contributed by atoms with E-state index >= 15 is 0 Å². The van der Waals surface area contributed by atoms with Crippen molar-refractivity contribution in [1.29, 1.82) is 0 Å². The van der Waals surface area contributed by atoms with Crippen molar-refractivity contribution in [2.24, 2.45) is 46.8 Å². The van der Waals surface area contributed by atoms with Gasteiger partial charge in [-0.15, -0.1) is 0 Å². The molecule has 3 aliphatic heterocycles. The molecule has 0 aromatic heterocycles. The highest BCUT2D eigenvalue weighted by Gasteiger charge is 2.87. The Bertz CT molecular complexity index is 1390. The molecule has 7 N–H and O–H groups in total. The van der Waals surface area contributed by atoms with Crippen molar-refractivity contribution < 1.29 is 59.5 Å². The average Bonchev–Trinajstić information content (AvgIpc) is 3.31. The van der Waals surface area contributed by atoms with Crippen LogP contribution in [0.3, 0.4) is 0 Å². The van der Waals surface area contributed by atoms with Gasteiger partial charge in [0.15, 0.2) is 17.8 Å². The van der Waals surface area contributed by atoms with E-state index in [9.17, 15) is 45.3 Å². The molecule has 4 bridgehead atoms. The van der Waals surface area contributed by atoms with Crippen LogP contribution in [0.4, 0.5) is 0 Å². The highest BCUT2D eigenvalue weighted by Crippen LogP contribution is 2.77. The molecule has 0 aromatic rings. The second kappa shape index (κ2) is 11.5. The molecule has 0 aromatic carbocycles. The van der Waals surface area contributed by atoms with Gasteiger partial charge in [0.1, 0.15) is 5.60 Å². The number of rotatable bonds is 6. The van der Waals surface area contributed by atoms with E-state index in [-0.39, 0.29) is 25.3 Å². The zero-order valence-electron chi connectivity index (χ0n) is 30.5. The third-order valence-electron chi connectivity index (χ3n) is 15.5. The number of hydrogen-bond acceptors (Lipinski definition) is 13. The Hall–Kier alpha value is -1.42. The van der Waals surface area contributed by atoms with E-state index < -0.39 is 112 Å². The molecular weight excluding hydrogens is 650 g/mol. The maximum atomic E-state index is 13.5. The summed E-state index contributed by atoms with van der Waals surface area (Å²) in [7, 11) is 0. The summed E-state index contributed by atoms with van der Waals surface area (Å²) in [5, 5.41) is 83.5. The highest BCUT2D eigenvalue weighted by molar-refractivity contribution is 5.79. The minimum Gasteiger partial charge on any atom is -0.456 e. The first-order chi connectivity index (χ1) is 23.1. The largest absolute Gasteiger partial charge is 0.456 e. The standard InChI is InChI=1S/C37H59NO12/c1-8-18(3)30(42)49-29-27(41)26-20(16-38-15-17(2)9-10-24(38)34(26,7)45)21-14-35-28(36(21,29)46)22(40)13-23-32(35,5)12-11-25(37(23,47)50-35)48-31(43)33(6,44)19(4)39/h17-29,39-41,44-47H,8-16H2,1-7H3/t17-,18+,19+,20-,21-,22+,23-,24-,25-,26+,27+,28+,29-,32-,33-,34+,35+,36-,37+/m0/s1. The van der Waals surface area contributed by atoms with E-state index in [0.717, 1.165) is 26.3 Å². The van der Waals surface area contributed by atoms with Crippen molar-refractivity contribution >= 4 is 11.9 Å². The molecule has 13 nitrogen and oxygen atoms in total. The predicted molar refractivity (Wildman–Crippen MR) is 176 cm³/mol. The molecule has 7 fully saturated rings. The van der Waals surface area contributed by atoms with Crippen LogP contribution in [0.25, 0.3) is 0 Å². The van der Waals surface area contributed by atoms with Crippen LogP contribution in [0.1, 0.15) is 93.4 Å². The zero-order valence-corrected chi connectivity index (χ0v) is 30.5. The Labute approximate surface area is 294 Å². The SMILES string of the molecule is CC[C@@H](C)C(=O)O[C@H]1[C@H](O)[C@H]2[C@@H](CN3C[C@@H](C)CC[C@H]3[C@@]2(C)O)[C@@H]2C[C@]34O[C@@]5(O)[C@@H](OC(=O)[C@@](C)(O)[C@@H](C)O)CC[C@@]3(C)[C@@H]5C[C@@H](O)[C@H]4[C@@]21O. The lowest BCUT2D eigenvalue weighted by molar-refractivity contribution is -0.300. The topological polar surface area (TPSA) is 207 Å². The fourth-order valence-electron chi connectivity index (χ4n) is 12.5. The molecule has 50 heavy (non-hydrogen) atoms. The molecule has 3 saturated heterocycles. The molecule has 4 saturated carbocycles. The number of aliphatic hydroxyl groups is 7. The summed E-state index contributed by atoms with van der Waals surface area (Å²) in [4.78, 5) is 28.9. The Balaban J connectivity index is 1.34. The Morgan fingerprint density at radius 3 is 2.38 bits per heavy atom. The molecule has 1 spiro atoms. The van der Waals surface area contributed by atoms with E-state index in [1.807, 2.05) is 13.8 Å². The van der Waals surface area contributed by atoms with Gasteiger partial charge in [0.25, 0.3) is 0 Å². The van der Waals surface area contributed by atoms with E-state index in [4.69, 9.17) is 14.2 Å². The maximum Gasteiger partial charge on any atom is 0.341 e. The molecule has 13 heteroatoms. The molecule has 284 valence electrons. The molecule has 3 heterocycles. The van der Waals surface area contributed by atoms with Crippen LogP contribution in [0.2, 0.25) is 0 Å². The van der Waals surface area contributed by atoms with Crippen molar-refractivity contribution in [2.45, 2.75) is 158 Å². The van der Waals surface area contributed by atoms with Gasteiger partial charge in [0.05, 0.1) is 35.4 Å². The number of nitrogens with zero attached hydrogens (tertiary/aromatic N) is 1. The van der Waals surface area contributed by atoms with Crippen LogP contribution in [0.15, 0.2) is 0 Å². The van der Waals surface area contributed by atoms with Gasteiger partial charge < -0.3 is 50.0 Å². The van der Waals surface area contributed by atoms with Crippen LogP contribution in [-0.4, -0.2) is 130 Å². The Morgan fingerprint density at radius 2 is 1.74 bits per heavy atom. The molecule has 0 radical (unpaired) electrons. The quantitative estimate of drug-likeness (QED) is 0.188. The van der Waals surface area contributed by atoms with E-state index in [1.165, 1.54) is 6.92 Å². The molecule has 7 aliphatic rings. The van der Waals surface area contributed by atoms with Crippen molar-refractivity contribution in [2.75, 3.05) is 13.1 Å². The second-order valence-electron chi connectivity index (χ2n) is 18.2. The van der Waals surface area contributed by atoms with Crippen molar-refractivity contribution in [1.82, 2.24) is 4.90 Å². The smallest absolute Gasteiger partial charge is 0.341 e. The fraction of sp³-hybridized carbons (Fsp3) is 0.946. The summed E-state index contributed by atoms with van der Waals surface area (Å²) in [6.45, 7) is 13.1. The van der Waals surface area contributed by atoms with E-state index in [0.29, 0.717) is 25.3 Å². The Morgan fingerprint density at radius 1 is 1.06 bits per heavy atom. The van der Waals surface area contributed by atoms with E-state index in [1.54, 1.807) is 13.8 Å². The maximum absolute atomic E-state index is 13.5. The van der Waals surface area contributed by atoms with E-state index in [2.05, 4.69) is 11.8 Å². The number of esters is 2. The Kier molecular flexibility index (Phi) is 8.52. The van der Waals surface area contributed by atoms with Gasteiger partial charge in [-0.05, 0) is 83.5 Å². The fourth-order valence-corrected chi connectivity index (χ4v) is 12.5. The molecule has 0 amide bonds. The number of fused-ring (bicyclic) bond motifs is 5. The second-order valence-corrected chi connectivity index (χ2v) is 18.2. The lowest BCUT2D eigenvalue weighted by Gasteiger charge is -2.64. The van der Waals surface area contributed by atoms with Gasteiger partial charge in [0.2, 0.25) is 5.79 Å². The average molecular weight is 710 g/mol. The van der Waals surface area contributed by atoms with Crippen LogP contribution in [0.5, 0.6) is 0 Å². The first-order valence-corrected chi connectivity index (χ1v) is 18.9. The van der Waals surface area contributed by atoms with Crippen molar-refractivity contribution in [3.05, 3.63) is 0 Å². The number of aliphatic hydroxyl groups excluding tert-OH is 3. The van der Waals surface area contributed by atoms with Crippen LogP contribution >= 0.6 is 0 Å². The summed E-state index contributed by atoms with van der Waals surface area (Å²) < 4.78 is 18.7. The minimum absolute atomic E-state index is 0.0328. The monoisotopic (exact) mass is 709 g/mol. The lowest BCUT2D eigenvalue weighted by atomic mass is 9.49. The molecule has 19 atom stereocenters. The van der Waals surface area contributed by atoms with Gasteiger partial charge in [-0.1, -0.05) is 27.7 Å². The number of carbonyl (C=O) groups is 2. The van der Waals surface area contributed by atoms with Crippen LogP contribution in [0, 0.1) is 46.8 Å². The third-order valence-corrected chi connectivity index (χ3v) is 15.5. The van der Waals surface area contributed by atoms with Crippen molar-refractivity contribution in [3.63, 3.8) is 0 Å². The van der Waals surface area contributed by atoms with Crippen LogP contribution in [-0.2, 0) is 23.8 Å². The van der Waals surface area contributed by atoms with Gasteiger partial charge in [0, 0.05) is 42.3 Å². The third kappa shape index (κ3) is 4.57. The first kappa shape index (κ1) is 36.9. The minimum atomic E-state index is -2.25.